The number of nitrogens with one attached hydrogen (secondary N) is 2. The molecule has 0 saturated heterocycles. The van der Waals surface area contributed by atoms with Crippen molar-refractivity contribution in [2.75, 3.05) is 11.9 Å². The van der Waals surface area contributed by atoms with Gasteiger partial charge in [0.05, 0.1) is 12.2 Å². The Balaban J connectivity index is 2.90. The summed E-state index contributed by atoms with van der Waals surface area (Å²) in [7, 11) is 0. The summed E-state index contributed by atoms with van der Waals surface area (Å²) < 4.78 is 0. The minimum atomic E-state index is -0.289. The first-order chi connectivity index (χ1) is 9.82. The van der Waals surface area contributed by atoms with Gasteiger partial charge in [0, 0.05) is 5.54 Å². The number of carbonyl (C=O) groups is 1. The first-order valence-corrected chi connectivity index (χ1v) is 7.15. The second-order valence-corrected chi connectivity index (χ2v) is 5.82. The van der Waals surface area contributed by atoms with Gasteiger partial charge in [-0.05, 0) is 39.2 Å². The van der Waals surface area contributed by atoms with Gasteiger partial charge < -0.3 is 10.6 Å². The first kappa shape index (κ1) is 16.9. The van der Waals surface area contributed by atoms with Crippen LogP contribution in [0.3, 0.4) is 0 Å². The van der Waals surface area contributed by atoms with Crippen LogP contribution in [0.25, 0.3) is 0 Å². The Morgan fingerprint density at radius 3 is 2.38 bits per heavy atom. The molecule has 1 heterocycles. The monoisotopic (exact) mass is 289 g/mol. The van der Waals surface area contributed by atoms with Crippen molar-refractivity contribution in [3.8, 4) is 6.07 Å². The first-order valence-electron chi connectivity index (χ1n) is 7.15. The molecule has 0 saturated carbocycles. The minimum absolute atomic E-state index is 0.0647. The molecule has 0 bridgehead atoms. The van der Waals surface area contributed by atoms with Crippen molar-refractivity contribution < 1.29 is 4.79 Å². The van der Waals surface area contributed by atoms with E-state index in [0.717, 1.165) is 17.7 Å². The third-order valence-corrected chi connectivity index (χ3v) is 2.89. The summed E-state index contributed by atoms with van der Waals surface area (Å²) in [6, 6.07) is 2.17. The van der Waals surface area contributed by atoms with Crippen LogP contribution in [0.2, 0.25) is 0 Å². The lowest BCUT2D eigenvalue weighted by molar-refractivity contribution is -0.120. The standard InChI is InChI=1S/C15H23N5O/c1-6-10-11(8-16)14(20-19-12(10)7-2)17-9-13(21)18-15(3,4)5/h6-7,9H2,1-5H3,(H,17,20)(H,18,21). The highest BCUT2D eigenvalue weighted by molar-refractivity contribution is 5.81. The second kappa shape index (κ2) is 7.02. The maximum Gasteiger partial charge on any atom is 0.239 e. The lowest BCUT2D eigenvalue weighted by Crippen LogP contribution is -2.43. The molecule has 0 atom stereocenters. The number of nitrogens with zero attached hydrogens (tertiary/aromatic N) is 3. The van der Waals surface area contributed by atoms with Crippen LogP contribution < -0.4 is 10.6 Å². The van der Waals surface area contributed by atoms with E-state index in [1.807, 2.05) is 34.6 Å². The van der Waals surface area contributed by atoms with Crippen molar-refractivity contribution in [3.05, 3.63) is 16.8 Å². The van der Waals surface area contributed by atoms with Crippen molar-refractivity contribution >= 4 is 11.7 Å². The van der Waals surface area contributed by atoms with Gasteiger partial charge in [0.25, 0.3) is 0 Å². The Morgan fingerprint density at radius 1 is 1.24 bits per heavy atom. The number of amides is 1. The molecule has 1 aromatic heterocycles. The summed E-state index contributed by atoms with van der Waals surface area (Å²) in [4.78, 5) is 11.8. The Morgan fingerprint density at radius 2 is 1.90 bits per heavy atom. The maximum atomic E-state index is 11.8. The third-order valence-electron chi connectivity index (χ3n) is 2.89. The number of hydrogen-bond donors (Lipinski definition) is 2. The predicted molar refractivity (Wildman–Crippen MR) is 81.9 cm³/mol. The maximum absolute atomic E-state index is 11.8. The SMILES string of the molecule is CCc1nnc(NCC(=O)NC(C)(C)C)c(C#N)c1CC. The molecule has 1 aromatic rings. The van der Waals surface area contributed by atoms with Crippen LogP contribution >= 0.6 is 0 Å². The van der Waals surface area contributed by atoms with Gasteiger partial charge in [0.2, 0.25) is 5.91 Å². The Hall–Kier alpha value is -2.16. The largest absolute Gasteiger partial charge is 0.358 e. The van der Waals surface area contributed by atoms with Gasteiger partial charge in [-0.3, -0.25) is 4.79 Å². The zero-order valence-electron chi connectivity index (χ0n) is 13.4. The van der Waals surface area contributed by atoms with E-state index < -0.39 is 0 Å². The second-order valence-electron chi connectivity index (χ2n) is 5.82. The molecule has 0 unspecified atom stereocenters. The molecule has 2 N–H and O–H groups in total. The molecule has 114 valence electrons. The molecule has 0 spiro atoms. The molecule has 0 aromatic carbocycles. The quantitative estimate of drug-likeness (QED) is 0.862. The van der Waals surface area contributed by atoms with Gasteiger partial charge in [0.15, 0.2) is 5.82 Å². The van der Waals surface area contributed by atoms with E-state index in [2.05, 4.69) is 26.9 Å². The Kier molecular flexibility index (Phi) is 5.65. The molecular weight excluding hydrogens is 266 g/mol. The summed E-state index contributed by atoms with van der Waals surface area (Å²) in [6.45, 7) is 9.76. The number of carbonyl (C=O) groups excluding carboxylic acids is 1. The molecule has 1 amide bonds. The summed E-state index contributed by atoms with van der Waals surface area (Å²) in [5, 5.41) is 23.3. The highest BCUT2D eigenvalue weighted by Crippen LogP contribution is 2.19. The molecule has 0 radical (unpaired) electrons. The highest BCUT2D eigenvalue weighted by atomic mass is 16.2. The van der Waals surface area contributed by atoms with Crippen molar-refractivity contribution in [2.24, 2.45) is 0 Å². The van der Waals surface area contributed by atoms with E-state index in [9.17, 15) is 10.1 Å². The van der Waals surface area contributed by atoms with E-state index in [0.29, 0.717) is 17.8 Å². The number of aromatic nitrogens is 2. The normalized spacial score (nSPS) is 10.9. The third kappa shape index (κ3) is 4.71. The van der Waals surface area contributed by atoms with Crippen molar-refractivity contribution in [1.29, 1.82) is 5.26 Å². The zero-order chi connectivity index (χ0) is 16.0. The van der Waals surface area contributed by atoms with Gasteiger partial charge >= 0.3 is 0 Å². The molecule has 6 heteroatoms. The fraction of sp³-hybridized carbons (Fsp3) is 0.600. The van der Waals surface area contributed by atoms with Gasteiger partial charge in [-0.2, -0.15) is 10.4 Å². The number of anilines is 1. The van der Waals surface area contributed by atoms with Crippen LogP contribution in [-0.4, -0.2) is 28.2 Å². The van der Waals surface area contributed by atoms with Crippen molar-refractivity contribution in [2.45, 2.75) is 53.0 Å². The van der Waals surface area contributed by atoms with Gasteiger partial charge in [-0.25, -0.2) is 0 Å². The van der Waals surface area contributed by atoms with E-state index in [4.69, 9.17) is 0 Å². The Labute approximate surface area is 126 Å². The van der Waals surface area contributed by atoms with E-state index in [-0.39, 0.29) is 18.0 Å². The molecule has 6 nitrogen and oxygen atoms in total. The fourth-order valence-electron chi connectivity index (χ4n) is 2.04. The Bertz CT molecular complexity index is 554. The average molecular weight is 289 g/mol. The number of aryl methyl sites for hydroxylation is 1. The number of nitriles is 1. The molecule has 0 aliphatic rings. The molecular formula is C15H23N5O. The van der Waals surface area contributed by atoms with Gasteiger partial charge in [-0.15, -0.1) is 5.10 Å². The van der Waals surface area contributed by atoms with E-state index in [1.54, 1.807) is 0 Å². The van der Waals surface area contributed by atoms with E-state index >= 15 is 0 Å². The molecule has 0 aliphatic heterocycles. The van der Waals surface area contributed by atoms with Gasteiger partial charge in [0.1, 0.15) is 11.6 Å². The summed E-state index contributed by atoms with van der Waals surface area (Å²) >= 11 is 0. The van der Waals surface area contributed by atoms with Crippen LogP contribution in [0.5, 0.6) is 0 Å². The smallest absolute Gasteiger partial charge is 0.239 e. The summed E-state index contributed by atoms with van der Waals surface area (Å²) in [5.41, 5.74) is 1.92. The molecule has 21 heavy (non-hydrogen) atoms. The fourth-order valence-corrected chi connectivity index (χ4v) is 2.04. The van der Waals surface area contributed by atoms with Crippen LogP contribution in [0, 0.1) is 11.3 Å². The van der Waals surface area contributed by atoms with Crippen LogP contribution in [0.4, 0.5) is 5.82 Å². The van der Waals surface area contributed by atoms with Gasteiger partial charge in [-0.1, -0.05) is 13.8 Å². The number of rotatable bonds is 5. The van der Waals surface area contributed by atoms with Crippen molar-refractivity contribution in [3.63, 3.8) is 0 Å². The number of hydrogen-bond acceptors (Lipinski definition) is 5. The lowest BCUT2D eigenvalue weighted by Gasteiger charge is -2.20. The molecule has 0 fully saturated rings. The summed E-state index contributed by atoms with van der Waals surface area (Å²) in [6.07, 6.45) is 1.44. The topological polar surface area (TPSA) is 90.7 Å². The molecule has 0 aliphatic carbocycles. The van der Waals surface area contributed by atoms with Crippen molar-refractivity contribution in [1.82, 2.24) is 15.5 Å². The van der Waals surface area contributed by atoms with Crippen LogP contribution in [0.15, 0.2) is 0 Å². The summed E-state index contributed by atoms with van der Waals surface area (Å²) in [5.74, 6) is 0.224. The van der Waals surface area contributed by atoms with E-state index in [1.165, 1.54) is 0 Å². The predicted octanol–water partition coefficient (Wildman–Crippen LogP) is 1.80. The zero-order valence-corrected chi connectivity index (χ0v) is 13.4. The minimum Gasteiger partial charge on any atom is -0.358 e. The lowest BCUT2D eigenvalue weighted by atomic mass is 10.0. The van der Waals surface area contributed by atoms with Crippen LogP contribution in [0.1, 0.15) is 51.4 Å². The highest BCUT2D eigenvalue weighted by Gasteiger charge is 2.17. The average Bonchev–Trinajstić information content (AvgIpc) is 2.41. The van der Waals surface area contributed by atoms with Crippen LogP contribution in [-0.2, 0) is 17.6 Å². The molecule has 1 rings (SSSR count).